The molecule has 0 aliphatic carbocycles. The third kappa shape index (κ3) is 2.56. The second-order valence-electron chi connectivity index (χ2n) is 6.34. The molecule has 0 bridgehead atoms. The molecule has 2 rings (SSSR count). The van der Waals surface area contributed by atoms with Gasteiger partial charge in [-0.3, -0.25) is 0 Å². The molecule has 0 amide bonds. The molecule has 1 heterocycles. The van der Waals surface area contributed by atoms with Gasteiger partial charge in [-0.1, -0.05) is 26.8 Å². The molecule has 1 saturated heterocycles. The summed E-state index contributed by atoms with van der Waals surface area (Å²) in [6.07, 6.45) is 1.29. The number of hydrogen-bond acceptors (Lipinski definition) is 2. The van der Waals surface area contributed by atoms with E-state index in [4.69, 9.17) is 5.73 Å². The van der Waals surface area contributed by atoms with Crippen molar-refractivity contribution in [3.05, 3.63) is 23.8 Å². The highest BCUT2D eigenvalue weighted by Crippen LogP contribution is 2.36. The average Bonchev–Trinajstić information content (AvgIpc) is 2.70. The van der Waals surface area contributed by atoms with Crippen molar-refractivity contribution in [3.63, 3.8) is 0 Å². The highest BCUT2D eigenvalue weighted by molar-refractivity contribution is 5.60. The molecule has 2 heteroatoms. The van der Waals surface area contributed by atoms with Crippen molar-refractivity contribution >= 4 is 11.4 Å². The van der Waals surface area contributed by atoms with E-state index in [0.717, 1.165) is 24.7 Å². The van der Waals surface area contributed by atoms with Crippen LogP contribution in [0.4, 0.5) is 11.4 Å². The number of anilines is 2. The van der Waals surface area contributed by atoms with E-state index < -0.39 is 0 Å². The fourth-order valence-electron chi connectivity index (χ4n) is 2.53. The largest absolute Gasteiger partial charge is 0.398 e. The molecule has 1 fully saturated rings. The zero-order valence-corrected chi connectivity index (χ0v) is 11.5. The molecule has 2 N–H and O–H groups in total. The number of benzene rings is 1. The van der Waals surface area contributed by atoms with E-state index in [0.29, 0.717) is 5.41 Å². The second-order valence-corrected chi connectivity index (χ2v) is 6.34. The number of nitrogens with two attached hydrogens (primary N) is 1. The van der Waals surface area contributed by atoms with Crippen molar-refractivity contribution < 1.29 is 0 Å². The molecule has 2 nitrogen and oxygen atoms in total. The second kappa shape index (κ2) is 4.25. The van der Waals surface area contributed by atoms with Gasteiger partial charge in [-0.2, -0.15) is 0 Å². The number of rotatable bonds is 1. The van der Waals surface area contributed by atoms with Gasteiger partial charge in [0.05, 0.1) is 0 Å². The van der Waals surface area contributed by atoms with Gasteiger partial charge in [0, 0.05) is 24.5 Å². The van der Waals surface area contributed by atoms with Crippen molar-refractivity contribution in [1.29, 1.82) is 0 Å². The maximum atomic E-state index is 5.98. The van der Waals surface area contributed by atoms with Crippen molar-refractivity contribution in [2.24, 2.45) is 11.3 Å². The fourth-order valence-corrected chi connectivity index (χ4v) is 2.53. The lowest BCUT2D eigenvalue weighted by molar-refractivity contribution is 0.263. The summed E-state index contributed by atoms with van der Waals surface area (Å²) in [5.41, 5.74) is 9.74. The van der Waals surface area contributed by atoms with Crippen LogP contribution in [0.5, 0.6) is 0 Å². The Morgan fingerprint density at radius 3 is 2.53 bits per heavy atom. The molecule has 0 spiro atoms. The molecule has 0 saturated carbocycles. The summed E-state index contributed by atoms with van der Waals surface area (Å²) in [6, 6.07) is 6.42. The molecule has 1 atom stereocenters. The van der Waals surface area contributed by atoms with Crippen LogP contribution >= 0.6 is 0 Å². The van der Waals surface area contributed by atoms with E-state index in [1.807, 2.05) is 0 Å². The molecule has 0 aromatic heterocycles. The summed E-state index contributed by atoms with van der Waals surface area (Å²) >= 11 is 0. The first-order chi connectivity index (χ1) is 7.88. The lowest BCUT2D eigenvalue weighted by atomic mass is 9.80. The predicted molar refractivity (Wildman–Crippen MR) is 75.4 cm³/mol. The lowest BCUT2D eigenvalue weighted by Crippen LogP contribution is -2.25. The minimum atomic E-state index is 0.408. The maximum Gasteiger partial charge on any atom is 0.0387 e. The molecule has 1 aliphatic heterocycles. The van der Waals surface area contributed by atoms with E-state index in [-0.39, 0.29) is 0 Å². The van der Waals surface area contributed by atoms with Crippen LogP contribution in [0.2, 0.25) is 0 Å². The number of nitrogens with zero attached hydrogens (tertiary/aromatic N) is 1. The Morgan fingerprint density at radius 2 is 2.00 bits per heavy atom. The quantitative estimate of drug-likeness (QED) is 0.751. The van der Waals surface area contributed by atoms with Crippen LogP contribution in [0.3, 0.4) is 0 Å². The van der Waals surface area contributed by atoms with E-state index >= 15 is 0 Å². The van der Waals surface area contributed by atoms with Crippen LogP contribution < -0.4 is 10.6 Å². The Morgan fingerprint density at radius 1 is 1.29 bits per heavy atom. The number of nitrogen functional groups attached to an aromatic ring is 1. The topological polar surface area (TPSA) is 29.3 Å². The predicted octanol–water partition coefficient (Wildman–Crippen LogP) is 3.45. The summed E-state index contributed by atoms with van der Waals surface area (Å²) in [7, 11) is 0. The van der Waals surface area contributed by atoms with Gasteiger partial charge in [0.25, 0.3) is 0 Å². The van der Waals surface area contributed by atoms with Gasteiger partial charge in [0.2, 0.25) is 0 Å². The zero-order valence-electron chi connectivity index (χ0n) is 11.5. The van der Waals surface area contributed by atoms with E-state index in [1.165, 1.54) is 17.7 Å². The van der Waals surface area contributed by atoms with Gasteiger partial charge in [0.1, 0.15) is 0 Å². The average molecular weight is 232 g/mol. The number of hydrogen-bond donors (Lipinski definition) is 1. The van der Waals surface area contributed by atoms with Crippen LogP contribution in [-0.4, -0.2) is 13.1 Å². The minimum absolute atomic E-state index is 0.408. The van der Waals surface area contributed by atoms with Crippen LogP contribution in [-0.2, 0) is 0 Å². The maximum absolute atomic E-state index is 5.98. The summed E-state index contributed by atoms with van der Waals surface area (Å²) in [5, 5.41) is 0. The molecule has 1 aromatic rings. The molecule has 1 unspecified atom stereocenters. The third-order valence-electron chi connectivity index (χ3n) is 4.04. The first-order valence-electron chi connectivity index (χ1n) is 6.49. The normalized spacial score (nSPS) is 20.9. The molecule has 1 aromatic carbocycles. The van der Waals surface area contributed by atoms with Crippen molar-refractivity contribution in [3.8, 4) is 0 Å². The molecule has 0 radical (unpaired) electrons. The van der Waals surface area contributed by atoms with Crippen molar-refractivity contribution in [2.45, 2.75) is 34.1 Å². The van der Waals surface area contributed by atoms with Gasteiger partial charge in [-0.05, 0) is 42.4 Å². The van der Waals surface area contributed by atoms with Gasteiger partial charge >= 0.3 is 0 Å². The van der Waals surface area contributed by atoms with Crippen molar-refractivity contribution in [2.75, 3.05) is 23.7 Å². The standard InChI is InChI=1S/C15H24N2/c1-11-5-6-13(9-14(11)16)17-8-7-12(10-17)15(2,3)4/h5-6,9,12H,7-8,10,16H2,1-4H3. The number of aryl methyl sites for hydroxylation is 1. The fraction of sp³-hybridized carbons (Fsp3) is 0.600. The van der Waals surface area contributed by atoms with Crippen LogP contribution in [0, 0.1) is 18.3 Å². The van der Waals surface area contributed by atoms with Gasteiger partial charge in [-0.25, -0.2) is 0 Å². The van der Waals surface area contributed by atoms with E-state index in [2.05, 4.69) is 50.8 Å². The molecule has 1 aliphatic rings. The van der Waals surface area contributed by atoms with Gasteiger partial charge < -0.3 is 10.6 Å². The Bertz CT molecular complexity index is 404. The van der Waals surface area contributed by atoms with Gasteiger partial charge in [0.15, 0.2) is 0 Å². The molecule has 17 heavy (non-hydrogen) atoms. The van der Waals surface area contributed by atoms with E-state index in [1.54, 1.807) is 0 Å². The Hall–Kier alpha value is -1.18. The highest BCUT2D eigenvalue weighted by Gasteiger charge is 2.31. The zero-order chi connectivity index (χ0) is 12.6. The summed E-state index contributed by atoms with van der Waals surface area (Å²) in [6.45, 7) is 11.4. The van der Waals surface area contributed by atoms with E-state index in [9.17, 15) is 0 Å². The Kier molecular flexibility index (Phi) is 3.07. The van der Waals surface area contributed by atoms with Crippen molar-refractivity contribution in [1.82, 2.24) is 0 Å². The van der Waals surface area contributed by atoms with Crippen LogP contribution in [0.15, 0.2) is 18.2 Å². The molecular formula is C15H24N2. The first kappa shape index (κ1) is 12.3. The molecule has 94 valence electrons. The minimum Gasteiger partial charge on any atom is -0.398 e. The Balaban J connectivity index is 2.13. The molecular weight excluding hydrogens is 208 g/mol. The summed E-state index contributed by atoms with van der Waals surface area (Å²) < 4.78 is 0. The smallest absolute Gasteiger partial charge is 0.0387 e. The Labute approximate surface area is 105 Å². The summed E-state index contributed by atoms with van der Waals surface area (Å²) in [4.78, 5) is 2.46. The van der Waals surface area contributed by atoms with Crippen LogP contribution in [0.25, 0.3) is 0 Å². The highest BCUT2D eigenvalue weighted by atomic mass is 15.2. The summed E-state index contributed by atoms with van der Waals surface area (Å²) in [5.74, 6) is 0.782. The third-order valence-corrected chi connectivity index (χ3v) is 4.04. The lowest BCUT2D eigenvalue weighted by Gasteiger charge is -2.27. The first-order valence-corrected chi connectivity index (χ1v) is 6.49. The van der Waals surface area contributed by atoms with Gasteiger partial charge in [-0.15, -0.1) is 0 Å². The SMILES string of the molecule is Cc1ccc(N2CCC(C(C)(C)C)C2)cc1N. The monoisotopic (exact) mass is 232 g/mol. The van der Waals surface area contributed by atoms with Crippen LogP contribution in [0.1, 0.15) is 32.8 Å².